The summed E-state index contributed by atoms with van der Waals surface area (Å²) >= 11 is 0. The van der Waals surface area contributed by atoms with E-state index >= 15 is 0 Å². The van der Waals surface area contributed by atoms with E-state index in [1.807, 2.05) is 0 Å². The van der Waals surface area contributed by atoms with Gasteiger partial charge in [0.2, 0.25) is 0 Å². The summed E-state index contributed by atoms with van der Waals surface area (Å²) < 4.78 is 0. The van der Waals surface area contributed by atoms with Crippen molar-refractivity contribution in [3.8, 4) is 0 Å². The maximum atomic E-state index is 8.64. The SMILES string of the molecule is CCCCCCCCCCCCCCCCO.CCCCCCCCCCCCCCCO.CCCCCCCCCCCCCCO.CCCCCCCCCCCCCO.CCCCCCCCCCCCO. The van der Waals surface area contributed by atoms with E-state index in [1.165, 1.54) is 353 Å². The van der Waals surface area contributed by atoms with Crippen molar-refractivity contribution in [3.63, 3.8) is 0 Å². The van der Waals surface area contributed by atoms with Crippen molar-refractivity contribution in [2.45, 2.75) is 420 Å². The average Bonchev–Trinajstić information content (AvgIpc) is 3.42. The summed E-state index contributed by atoms with van der Waals surface area (Å²) in [5.74, 6) is 0. The fraction of sp³-hybridized carbons (Fsp3) is 1.00. The molecule has 0 bridgehead atoms. The van der Waals surface area contributed by atoms with Crippen LogP contribution >= 0.6 is 0 Å². The van der Waals surface area contributed by atoms with Crippen LogP contribution in [0.1, 0.15) is 420 Å². The lowest BCUT2D eigenvalue weighted by Gasteiger charge is -2.02. The van der Waals surface area contributed by atoms with Crippen LogP contribution in [0.2, 0.25) is 0 Å². The van der Waals surface area contributed by atoms with Gasteiger partial charge in [-0.2, -0.15) is 0 Å². The Bertz CT molecular complexity index is 747. The first-order valence-electron chi connectivity index (χ1n) is 35.1. The summed E-state index contributed by atoms with van der Waals surface area (Å²) in [7, 11) is 0. The Labute approximate surface area is 476 Å². The van der Waals surface area contributed by atoms with Crippen LogP contribution in [0.4, 0.5) is 0 Å². The quantitative estimate of drug-likeness (QED) is 0.0391. The Kier molecular flexibility index (Phi) is 104. The summed E-state index contributed by atoms with van der Waals surface area (Å²) in [6.45, 7) is 13.2. The van der Waals surface area contributed by atoms with E-state index in [4.69, 9.17) is 25.5 Å². The number of hydrogen-bond donors (Lipinski definition) is 5. The van der Waals surface area contributed by atoms with Gasteiger partial charge >= 0.3 is 0 Å². The second kappa shape index (κ2) is 93.1. The molecule has 0 atom stereocenters. The molecule has 0 rings (SSSR count). The van der Waals surface area contributed by atoms with Gasteiger partial charge in [0.15, 0.2) is 0 Å². The third kappa shape index (κ3) is 106. The van der Waals surface area contributed by atoms with E-state index in [0.29, 0.717) is 33.0 Å². The van der Waals surface area contributed by atoms with Crippen molar-refractivity contribution in [1.82, 2.24) is 0 Å². The van der Waals surface area contributed by atoms with Crippen molar-refractivity contribution >= 4 is 0 Å². The molecular formula is C70H150O5. The van der Waals surface area contributed by atoms with Crippen molar-refractivity contribution in [3.05, 3.63) is 0 Å². The van der Waals surface area contributed by atoms with Crippen molar-refractivity contribution in [2.75, 3.05) is 33.0 Å². The van der Waals surface area contributed by atoms with Gasteiger partial charge in [-0.1, -0.05) is 388 Å². The zero-order valence-electron chi connectivity index (χ0n) is 53.2. The zero-order valence-corrected chi connectivity index (χ0v) is 53.2. The summed E-state index contributed by atoms with van der Waals surface area (Å²) in [4.78, 5) is 0. The summed E-state index contributed by atoms with van der Waals surface area (Å²) in [5, 5.41) is 43.0. The normalized spacial score (nSPS) is 10.8. The van der Waals surface area contributed by atoms with E-state index in [9.17, 15) is 0 Å². The maximum absolute atomic E-state index is 8.64. The monoisotopic (exact) mass is 1070 g/mol. The molecule has 0 heterocycles. The predicted octanol–water partition coefficient (Wildman–Crippen LogP) is 23.4. The first-order valence-corrected chi connectivity index (χ1v) is 35.1. The lowest BCUT2D eigenvalue weighted by atomic mass is 10.0. The summed E-state index contributed by atoms with van der Waals surface area (Å²) in [6.07, 6.45) is 81.3. The Morgan fingerprint density at radius 2 is 0.173 bits per heavy atom. The Balaban J connectivity index is -0.000000273. The molecule has 0 aliphatic heterocycles. The van der Waals surface area contributed by atoms with Gasteiger partial charge in [-0.15, -0.1) is 0 Å². The smallest absolute Gasteiger partial charge is 0.0431 e. The Morgan fingerprint density at radius 1 is 0.107 bits per heavy atom. The van der Waals surface area contributed by atoms with Gasteiger partial charge in [0.25, 0.3) is 0 Å². The fourth-order valence-corrected chi connectivity index (χ4v) is 9.76. The molecule has 0 aliphatic carbocycles. The van der Waals surface area contributed by atoms with Crippen LogP contribution in [-0.4, -0.2) is 58.6 Å². The molecule has 460 valence electrons. The third-order valence-electron chi connectivity index (χ3n) is 15.1. The highest BCUT2D eigenvalue weighted by atomic mass is 16.3. The van der Waals surface area contributed by atoms with Crippen LogP contribution in [0, 0.1) is 0 Å². The minimum Gasteiger partial charge on any atom is -0.396 e. The molecular weight excluding hydrogens is 921 g/mol. The predicted molar refractivity (Wildman–Crippen MR) is 341 cm³/mol. The third-order valence-corrected chi connectivity index (χ3v) is 15.1. The summed E-state index contributed by atoms with van der Waals surface area (Å²) in [5.41, 5.74) is 0. The lowest BCUT2D eigenvalue weighted by molar-refractivity contribution is 0.282. The first-order chi connectivity index (χ1) is 37.1. The summed E-state index contributed by atoms with van der Waals surface area (Å²) in [6, 6.07) is 0. The van der Waals surface area contributed by atoms with E-state index < -0.39 is 0 Å². The number of hydrogen-bond acceptors (Lipinski definition) is 5. The van der Waals surface area contributed by atoms with Crippen LogP contribution in [0.15, 0.2) is 0 Å². The molecule has 0 aromatic rings. The highest BCUT2D eigenvalue weighted by Gasteiger charge is 1.97. The maximum Gasteiger partial charge on any atom is 0.0431 e. The van der Waals surface area contributed by atoms with Crippen molar-refractivity contribution in [1.29, 1.82) is 0 Å². The molecule has 5 nitrogen and oxygen atoms in total. The number of aliphatic hydroxyl groups is 5. The molecule has 0 aliphatic rings. The van der Waals surface area contributed by atoms with Gasteiger partial charge in [0.05, 0.1) is 0 Å². The van der Waals surface area contributed by atoms with E-state index in [1.54, 1.807) is 0 Å². The van der Waals surface area contributed by atoms with Crippen molar-refractivity contribution < 1.29 is 25.5 Å². The molecule has 0 saturated carbocycles. The minimum atomic E-state index is 0.372. The molecule has 0 aromatic heterocycles. The zero-order chi connectivity index (χ0) is 56.0. The molecule has 0 spiro atoms. The number of aliphatic hydroxyl groups excluding tert-OH is 5. The molecule has 0 saturated heterocycles. The van der Waals surface area contributed by atoms with Gasteiger partial charge in [0, 0.05) is 33.0 Å². The average molecular weight is 1070 g/mol. The van der Waals surface area contributed by atoms with Gasteiger partial charge in [0.1, 0.15) is 0 Å². The Morgan fingerprint density at radius 3 is 0.240 bits per heavy atom. The number of unbranched alkanes of at least 4 members (excludes halogenated alkanes) is 55. The van der Waals surface area contributed by atoms with Gasteiger partial charge in [-0.05, 0) is 32.1 Å². The second-order valence-corrected chi connectivity index (χ2v) is 23.1. The second-order valence-electron chi connectivity index (χ2n) is 23.1. The highest BCUT2D eigenvalue weighted by Crippen LogP contribution is 2.16. The fourth-order valence-electron chi connectivity index (χ4n) is 9.76. The van der Waals surface area contributed by atoms with Gasteiger partial charge in [-0.3, -0.25) is 0 Å². The van der Waals surface area contributed by atoms with Crippen LogP contribution in [0.3, 0.4) is 0 Å². The lowest BCUT2D eigenvalue weighted by Crippen LogP contribution is -1.84. The molecule has 0 radical (unpaired) electrons. The van der Waals surface area contributed by atoms with Crippen LogP contribution in [-0.2, 0) is 0 Å². The van der Waals surface area contributed by atoms with Gasteiger partial charge < -0.3 is 25.5 Å². The standard InChI is InChI=1S/C16H34O.C15H32O.C14H30O.C13H28O.C12H26O/c1-2-3-4-5-6-7-8-9-10-11-12-13-14-15-16-17;1-2-3-4-5-6-7-8-9-10-11-12-13-14-15-16;1-2-3-4-5-6-7-8-9-10-11-12-13-14-15;1-2-3-4-5-6-7-8-9-10-11-12-13-14;1-2-3-4-5-6-7-8-9-10-11-12-13/h17H,2-16H2,1H3;16H,2-15H2,1H3;15H,2-14H2,1H3;14H,2-13H2,1H3;13H,2-12H2,1H3. The first kappa shape index (κ1) is 83.6. The van der Waals surface area contributed by atoms with Crippen LogP contribution in [0.25, 0.3) is 0 Å². The van der Waals surface area contributed by atoms with Crippen LogP contribution in [0.5, 0.6) is 0 Å². The molecule has 75 heavy (non-hydrogen) atoms. The van der Waals surface area contributed by atoms with E-state index in [-0.39, 0.29) is 0 Å². The molecule has 0 amide bonds. The van der Waals surface area contributed by atoms with Crippen LogP contribution < -0.4 is 0 Å². The largest absolute Gasteiger partial charge is 0.396 e. The van der Waals surface area contributed by atoms with E-state index in [2.05, 4.69) is 34.6 Å². The molecule has 0 fully saturated rings. The molecule has 5 heteroatoms. The molecule has 0 unspecified atom stereocenters. The Hall–Kier alpha value is -0.200. The highest BCUT2D eigenvalue weighted by molar-refractivity contribution is 4.53. The van der Waals surface area contributed by atoms with Crippen molar-refractivity contribution in [2.24, 2.45) is 0 Å². The number of rotatable bonds is 60. The molecule has 0 aromatic carbocycles. The minimum absolute atomic E-state index is 0.372. The topological polar surface area (TPSA) is 101 Å². The van der Waals surface area contributed by atoms with Gasteiger partial charge in [-0.25, -0.2) is 0 Å². The molecule has 5 N–H and O–H groups in total. The van der Waals surface area contributed by atoms with E-state index in [0.717, 1.165) is 32.1 Å².